The number of hydrogen-bond acceptors (Lipinski definition) is 6. The lowest BCUT2D eigenvalue weighted by molar-refractivity contribution is -0.140. The van der Waals surface area contributed by atoms with E-state index in [1.807, 2.05) is 6.92 Å². The number of nitrogens with one attached hydrogen (secondary N) is 1. The molecule has 9 nitrogen and oxygen atoms in total. The molecule has 1 atom stereocenters. The van der Waals surface area contributed by atoms with Crippen molar-refractivity contribution in [3.63, 3.8) is 0 Å². The number of carbonyl (C=O) groups excluding carboxylic acids is 2. The van der Waals surface area contributed by atoms with Gasteiger partial charge in [-0.3, -0.25) is 13.9 Å². The summed E-state index contributed by atoms with van der Waals surface area (Å²) in [7, 11) is -1.26. The lowest BCUT2D eigenvalue weighted by atomic mass is 10.1. The third-order valence-corrected chi connectivity index (χ3v) is 8.05. The summed E-state index contributed by atoms with van der Waals surface area (Å²) in [5.74, 6) is -0.422. The number of methoxy groups -OCH3 is 1. The van der Waals surface area contributed by atoms with Crippen LogP contribution < -0.4 is 19.1 Å². The first-order valence-electron chi connectivity index (χ1n) is 12.8. The van der Waals surface area contributed by atoms with Crippen LogP contribution in [0.3, 0.4) is 0 Å². The fourth-order valence-corrected chi connectivity index (χ4v) is 5.57. The Morgan fingerprint density at radius 1 is 0.925 bits per heavy atom. The first-order chi connectivity index (χ1) is 19.1. The van der Waals surface area contributed by atoms with Crippen LogP contribution in [-0.2, 0) is 26.2 Å². The molecule has 0 spiro atoms. The number of halogens is 1. The maximum absolute atomic E-state index is 13.9. The van der Waals surface area contributed by atoms with Crippen LogP contribution in [0.1, 0.15) is 25.8 Å². The minimum atomic E-state index is -4.28. The molecule has 0 bridgehead atoms. The van der Waals surface area contributed by atoms with Crippen molar-refractivity contribution in [1.82, 2.24) is 10.2 Å². The number of amides is 2. The van der Waals surface area contributed by atoms with Crippen LogP contribution in [0.2, 0.25) is 0 Å². The first-order valence-corrected chi connectivity index (χ1v) is 14.2. The molecule has 11 heteroatoms. The summed E-state index contributed by atoms with van der Waals surface area (Å²) in [6, 6.07) is 16.8. The fourth-order valence-electron chi connectivity index (χ4n) is 4.15. The average molecular weight is 572 g/mol. The van der Waals surface area contributed by atoms with Gasteiger partial charge in [-0.05, 0) is 79.6 Å². The summed E-state index contributed by atoms with van der Waals surface area (Å²) < 4.78 is 52.9. The number of sulfonamides is 1. The summed E-state index contributed by atoms with van der Waals surface area (Å²) in [6.07, 6.45) is 0.295. The standard InChI is InChI=1S/C29H34FN3O6S/c1-5-27(29(35)31-3)32(19-21-7-13-24(38-4)14-8-21)28(34)20-33(23-11-9-22(30)10-12-23)40(36,37)26-17-15-25(16-18-26)39-6-2/h7-18,27H,5-6,19-20H2,1-4H3,(H,31,35)/t27-/m1/s1. The summed E-state index contributed by atoms with van der Waals surface area (Å²) in [6.45, 7) is 3.42. The first kappa shape index (κ1) is 30.4. The second-order valence-electron chi connectivity index (χ2n) is 8.80. The zero-order valence-corrected chi connectivity index (χ0v) is 23.8. The normalized spacial score (nSPS) is 11.8. The number of likely N-dealkylation sites (N-methyl/N-ethyl adjacent to an activating group) is 1. The average Bonchev–Trinajstić information content (AvgIpc) is 2.96. The monoisotopic (exact) mass is 571 g/mol. The zero-order valence-electron chi connectivity index (χ0n) is 23.0. The van der Waals surface area contributed by atoms with Gasteiger partial charge < -0.3 is 19.7 Å². The molecule has 3 aromatic carbocycles. The van der Waals surface area contributed by atoms with Crippen LogP contribution in [-0.4, -0.2) is 58.5 Å². The van der Waals surface area contributed by atoms with E-state index in [4.69, 9.17) is 9.47 Å². The molecule has 40 heavy (non-hydrogen) atoms. The topological polar surface area (TPSA) is 105 Å². The lowest BCUT2D eigenvalue weighted by Crippen LogP contribution is -2.51. The number of hydrogen-bond donors (Lipinski definition) is 1. The largest absolute Gasteiger partial charge is 0.497 e. The molecular weight excluding hydrogens is 537 g/mol. The van der Waals surface area contributed by atoms with Crippen molar-refractivity contribution in [1.29, 1.82) is 0 Å². The Morgan fingerprint density at radius 3 is 2.05 bits per heavy atom. The van der Waals surface area contributed by atoms with Gasteiger partial charge in [0, 0.05) is 13.6 Å². The number of anilines is 1. The Hall–Kier alpha value is -4.12. The van der Waals surface area contributed by atoms with E-state index in [0.717, 1.165) is 22.0 Å². The van der Waals surface area contributed by atoms with Crippen molar-refractivity contribution in [3.8, 4) is 11.5 Å². The van der Waals surface area contributed by atoms with Gasteiger partial charge in [-0.1, -0.05) is 19.1 Å². The molecule has 0 radical (unpaired) electrons. The molecule has 0 aromatic heterocycles. The summed E-state index contributed by atoms with van der Waals surface area (Å²) in [4.78, 5) is 27.9. The molecule has 0 heterocycles. The van der Waals surface area contributed by atoms with Crippen molar-refractivity contribution in [2.45, 2.75) is 37.8 Å². The van der Waals surface area contributed by atoms with Gasteiger partial charge in [0.25, 0.3) is 10.0 Å². The molecule has 214 valence electrons. The number of rotatable bonds is 13. The predicted octanol–water partition coefficient (Wildman–Crippen LogP) is 3.98. The van der Waals surface area contributed by atoms with Gasteiger partial charge in [0.2, 0.25) is 11.8 Å². The van der Waals surface area contributed by atoms with E-state index < -0.39 is 34.3 Å². The second kappa shape index (κ2) is 13.8. The molecule has 0 aliphatic rings. The van der Waals surface area contributed by atoms with E-state index in [-0.39, 0.29) is 23.0 Å². The minimum Gasteiger partial charge on any atom is -0.497 e. The summed E-state index contributed by atoms with van der Waals surface area (Å²) >= 11 is 0. The highest BCUT2D eigenvalue weighted by Crippen LogP contribution is 2.26. The third-order valence-electron chi connectivity index (χ3n) is 6.26. The van der Waals surface area contributed by atoms with Crippen molar-refractivity contribution >= 4 is 27.5 Å². The Kier molecular flexibility index (Phi) is 10.5. The SMILES string of the molecule is CCOc1ccc(S(=O)(=O)N(CC(=O)N(Cc2ccc(OC)cc2)[C@H](CC)C(=O)NC)c2ccc(F)cc2)cc1. The number of ether oxygens (including phenoxy) is 2. The lowest BCUT2D eigenvalue weighted by Gasteiger charge is -2.33. The van der Waals surface area contributed by atoms with E-state index in [9.17, 15) is 22.4 Å². The quantitative estimate of drug-likeness (QED) is 0.333. The van der Waals surface area contributed by atoms with Crippen molar-refractivity contribution < 1.29 is 31.9 Å². The van der Waals surface area contributed by atoms with Gasteiger partial charge >= 0.3 is 0 Å². The number of carbonyl (C=O) groups is 2. The molecule has 0 aliphatic carbocycles. The maximum atomic E-state index is 13.9. The van der Waals surface area contributed by atoms with Gasteiger partial charge in [-0.2, -0.15) is 0 Å². The highest BCUT2D eigenvalue weighted by molar-refractivity contribution is 7.92. The Balaban J connectivity index is 2.03. The highest BCUT2D eigenvalue weighted by atomic mass is 32.2. The zero-order chi connectivity index (χ0) is 29.3. The minimum absolute atomic E-state index is 0.0507. The fraction of sp³-hybridized carbons (Fsp3) is 0.310. The van der Waals surface area contributed by atoms with E-state index in [2.05, 4.69) is 5.32 Å². The maximum Gasteiger partial charge on any atom is 0.264 e. The van der Waals surface area contributed by atoms with Crippen molar-refractivity contribution in [2.24, 2.45) is 0 Å². The van der Waals surface area contributed by atoms with Crippen molar-refractivity contribution in [3.05, 3.63) is 84.2 Å². The second-order valence-corrected chi connectivity index (χ2v) is 10.7. The third kappa shape index (κ3) is 7.29. The van der Waals surface area contributed by atoms with Crippen LogP contribution in [0.5, 0.6) is 11.5 Å². The van der Waals surface area contributed by atoms with Crippen LogP contribution in [0.4, 0.5) is 10.1 Å². The summed E-state index contributed by atoms with van der Waals surface area (Å²) in [5, 5.41) is 2.58. The van der Waals surface area contributed by atoms with Gasteiger partial charge in [0.15, 0.2) is 0 Å². The van der Waals surface area contributed by atoms with Crippen LogP contribution in [0.25, 0.3) is 0 Å². The highest BCUT2D eigenvalue weighted by Gasteiger charge is 2.33. The van der Waals surface area contributed by atoms with Crippen LogP contribution in [0.15, 0.2) is 77.7 Å². The smallest absolute Gasteiger partial charge is 0.264 e. The number of benzene rings is 3. The van der Waals surface area contributed by atoms with Gasteiger partial charge in [-0.15, -0.1) is 0 Å². The van der Waals surface area contributed by atoms with Gasteiger partial charge in [0.05, 0.1) is 24.3 Å². The van der Waals surface area contributed by atoms with Crippen molar-refractivity contribution in [2.75, 3.05) is 31.6 Å². The molecule has 1 N–H and O–H groups in total. The van der Waals surface area contributed by atoms with Crippen LogP contribution in [0, 0.1) is 5.82 Å². The van der Waals surface area contributed by atoms with E-state index in [1.54, 1.807) is 38.3 Å². The molecule has 0 saturated heterocycles. The Morgan fingerprint density at radius 2 is 1.52 bits per heavy atom. The molecule has 0 fully saturated rings. The molecule has 0 unspecified atom stereocenters. The van der Waals surface area contributed by atoms with E-state index in [0.29, 0.717) is 24.5 Å². The molecule has 0 saturated carbocycles. The molecule has 0 aliphatic heterocycles. The number of nitrogens with zero attached hydrogens (tertiary/aromatic N) is 2. The molecule has 3 aromatic rings. The van der Waals surface area contributed by atoms with Gasteiger partial charge in [-0.25, -0.2) is 12.8 Å². The van der Waals surface area contributed by atoms with Gasteiger partial charge in [0.1, 0.15) is 29.9 Å². The van der Waals surface area contributed by atoms with E-state index in [1.165, 1.54) is 48.3 Å². The molecule has 3 rings (SSSR count). The molecule has 2 amide bonds. The predicted molar refractivity (Wildman–Crippen MR) is 150 cm³/mol. The summed E-state index contributed by atoms with van der Waals surface area (Å²) in [5.41, 5.74) is 0.820. The molecular formula is C29H34FN3O6S. The Labute approximate surface area is 234 Å². The Bertz CT molecular complexity index is 1380. The van der Waals surface area contributed by atoms with E-state index >= 15 is 0 Å². The van der Waals surface area contributed by atoms with Crippen LogP contribution >= 0.6 is 0 Å².